The number of halogens is 1. The van der Waals surface area contributed by atoms with E-state index in [1.807, 2.05) is 131 Å². The van der Waals surface area contributed by atoms with Crippen molar-refractivity contribution in [2.75, 3.05) is 51.7 Å². The Labute approximate surface area is 345 Å². The third kappa shape index (κ3) is 14.6. The molecule has 0 saturated heterocycles. The van der Waals surface area contributed by atoms with Crippen LogP contribution in [0.2, 0.25) is 0 Å². The van der Waals surface area contributed by atoms with Gasteiger partial charge in [0.2, 0.25) is 12.6 Å². The molecule has 0 spiro atoms. The fraction of sp³-hybridized carbons (Fsp3) is 0.261. The van der Waals surface area contributed by atoms with Crippen molar-refractivity contribution < 1.29 is 28.4 Å². The summed E-state index contributed by atoms with van der Waals surface area (Å²) in [5, 5.41) is 3.37. The molecule has 0 aliphatic rings. The monoisotopic (exact) mass is 836 g/mol. The molecule has 11 heteroatoms. The minimum absolute atomic E-state index is 0.349. The van der Waals surface area contributed by atoms with E-state index in [-0.39, 0.29) is 6.29 Å². The number of nitrogen functional groups attached to an aromatic ring is 1. The van der Waals surface area contributed by atoms with E-state index >= 15 is 0 Å². The van der Waals surface area contributed by atoms with Gasteiger partial charge in [-0.15, -0.1) is 0 Å². The van der Waals surface area contributed by atoms with Crippen molar-refractivity contribution in [2.24, 2.45) is 0 Å². The number of pyridine rings is 2. The van der Waals surface area contributed by atoms with Gasteiger partial charge in [0, 0.05) is 48.5 Å². The van der Waals surface area contributed by atoms with Crippen LogP contribution in [0.5, 0.6) is 11.5 Å². The van der Waals surface area contributed by atoms with Crippen molar-refractivity contribution in [3.05, 3.63) is 150 Å². The van der Waals surface area contributed by atoms with Crippen LogP contribution in [0.4, 0.5) is 17.1 Å². The van der Waals surface area contributed by atoms with Crippen LogP contribution in [0, 0.1) is 0 Å². The number of hydrogen-bond donors (Lipinski definition) is 2. The van der Waals surface area contributed by atoms with Crippen LogP contribution in [-0.4, -0.2) is 50.6 Å². The summed E-state index contributed by atoms with van der Waals surface area (Å²) in [7, 11) is 3.35. The molecule has 0 radical (unpaired) electrons. The molecule has 0 bridgehead atoms. The first kappa shape index (κ1) is 44.4. The van der Waals surface area contributed by atoms with E-state index in [1.165, 1.54) is 0 Å². The van der Waals surface area contributed by atoms with Gasteiger partial charge in [-0.25, -0.2) is 0 Å². The molecule has 0 aliphatic carbocycles. The second-order valence-electron chi connectivity index (χ2n) is 12.1. The number of methoxy groups -OCH3 is 2. The number of ether oxygens (including phenoxy) is 6. The van der Waals surface area contributed by atoms with Crippen molar-refractivity contribution in [2.45, 2.75) is 40.3 Å². The van der Waals surface area contributed by atoms with Gasteiger partial charge in [0.1, 0.15) is 11.5 Å². The standard InChI is InChI=1S/C23H26N2O3.C13H13NO.C10H14BrNO2/c1-4-27-23(28-5-2)22-14-13-20(16-24-22)25-19-11-9-17(10-12-19)18-7-6-8-21(15-18)26-3;1-15-13-4-2-3-11(9-13)10-5-7-12(14)8-6-10;1-3-13-10(14-4-2)9-6-5-8(11)7-12-9/h6-16,23,25H,4-5H2,1-3H3;2-9H,14H2,1H3;5-7,10H,3-4H2,1-2H3. The number of benzene rings is 4. The Kier molecular flexibility index (Phi) is 19.0. The maximum absolute atomic E-state index is 5.64. The Hall–Kier alpha value is -5.30. The predicted molar refractivity (Wildman–Crippen MR) is 233 cm³/mol. The zero-order valence-corrected chi connectivity index (χ0v) is 35.1. The van der Waals surface area contributed by atoms with Gasteiger partial charge in [-0.1, -0.05) is 48.5 Å². The van der Waals surface area contributed by atoms with Gasteiger partial charge in [0.05, 0.1) is 37.5 Å². The zero-order valence-electron chi connectivity index (χ0n) is 33.5. The third-order valence-corrected chi connectivity index (χ3v) is 8.65. The number of hydrogen-bond acceptors (Lipinski definition) is 10. The van der Waals surface area contributed by atoms with Crippen LogP contribution in [-0.2, 0) is 18.9 Å². The third-order valence-electron chi connectivity index (χ3n) is 8.18. The lowest BCUT2D eigenvalue weighted by molar-refractivity contribution is -0.142. The summed E-state index contributed by atoms with van der Waals surface area (Å²) < 4.78 is 33.4. The lowest BCUT2D eigenvalue weighted by Crippen LogP contribution is -2.10. The Bertz CT molecular complexity index is 2000. The summed E-state index contributed by atoms with van der Waals surface area (Å²) in [4.78, 5) is 8.69. The molecular formula is C46H53BrN4O6. The van der Waals surface area contributed by atoms with E-state index in [0.717, 1.165) is 66.7 Å². The molecule has 0 amide bonds. The zero-order chi connectivity index (χ0) is 40.8. The Morgan fingerprint density at radius 2 is 0.965 bits per heavy atom. The predicted octanol–water partition coefficient (Wildman–Crippen LogP) is 11.4. The lowest BCUT2D eigenvalue weighted by Gasteiger charge is -2.16. The molecule has 3 N–H and O–H groups in total. The maximum Gasteiger partial charge on any atom is 0.201 e. The number of nitrogens with two attached hydrogens (primary N) is 1. The lowest BCUT2D eigenvalue weighted by atomic mass is 10.1. The molecule has 10 nitrogen and oxygen atoms in total. The van der Waals surface area contributed by atoms with Crippen molar-refractivity contribution in [1.29, 1.82) is 0 Å². The van der Waals surface area contributed by atoms with Crippen LogP contribution >= 0.6 is 15.9 Å². The first-order chi connectivity index (χ1) is 27.8. The van der Waals surface area contributed by atoms with Crippen molar-refractivity contribution in [1.82, 2.24) is 9.97 Å². The maximum atomic E-state index is 5.64. The normalized spacial score (nSPS) is 10.6. The quantitative estimate of drug-likeness (QED) is 0.0720. The average molecular weight is 838 g/mol. The molecule has 6 rings (SSSR count). The summed E-state index contributed by atoms with van der Waals surface area (Å²) in [6.07, 6.45) is 2.75. The summed E-state index contributed by atoms with van der Waals surface area (Å²) in [6.45, 7) is 10.1. The molecular weight excluding hydrogens is 784 g/mol. The highest BCUT2D eigenvalue weighted by Gasteiger charge is 2.13. The molecule has 0 fully saturated rings. The van der Waals surface area contributed by atoms with Crippen molar-refractivity contribution in [3.63, 3.8) is 0 Å². The van der Waals surface area contributed by atoms with Gasteiger partial charge in [0.15, 0.2) is 0 Å². The van der Waals surface area contributed by atoms with E-state index in [4.69, 9.17) is 34.2 Å². The van der Waals surface area contributed by atoms with Crippen LogP contribution < -0.4 is 20.5 Å². The number of rotatable bonds is 16. The highest BCUT2D eigenvalue weighted by Crippen LogP contribution is 2.27. The van der Waals surface area contributed by atoms with Gasteiger partial charge in [-0.3, -0.25) is 9.97 Å². The molecule has 57 heavy (non-hydrogen) atoms. The van der Waals surface area contributed by atoms with Crippen LogP contribution in [0.15, 0.2) is 138 Å². The first-order valence-electron chi connectivity index (χ1n) is 18.9. The number of anilines is 3. The molecule has 0 aliphatic heterocycles. The van der Waals surface area contributed by atoms with E-state index in [2.05, 4.69) is 49.4 Å². The SMILES string of the molecule is CCOC(OCC)c1ccc(Br)cn1.CCOC(OCC)c1ccc(Nc2ccc(-c3cccc(OC)c3)cc2)cn1.COc1cccc(-c2ccc(N)cc2)c1. The second-order valence-corrected chi connectivity index (χ2v) is 13.1. The van der Waals surface area contributed by atoms with Gasteiger partial charge >= 0.3 is 0 Å². The molecule has 0 saturated carbocycles. The van der Waals surface area contributed by atoms with Gasteiger partial charge < -0.3 is 39.5 Å². The summed E-state index contributed by atoms with van der Waals surface area (Å²) >= 11 is 3.33. The molecule has 300 valence electrons. The van der Waals surface area contributed by atoms with Crippen molar-refractivity contribution in [3.8, 4) is 33.8 Å². The first-order valence-corrected chi connectivity index (χ1v) is 19.6. The van der Waals surface area contributed by atoms with E-state index < -0.39 is 6.29 Å². The highest BCUT2D eigenvalue weighted by atomic mass is 79.9. The fourth-order valence-electron chi connectivity index (χ4n) is 5.38. The van der Waals surface area contributed by atoms with E-state index in [1.54, 1.807) is 26.6 Å². The van der Waals surface area contributed by atoms with E-state index in [0.29, 0.717) is 26.4 Å². The smallest absolute Gasteiger partial charge is 0.201 e. The average Bonchev–Trinajstić information content (AvgIpc) is 3.25. The van der Waals surface area contributed by atoms with Gasteiger partial charge in [0.25, 0.3) is 0 Å². The highest BCUT2D eigenvalue weighted by molar-refractivity contribution is 9.10. The molecule has 0 atom stereocenters. The van der Waals surface area contributed by atoms with Crippen molar-refractivity contribution >= 4 is 33.0 Å². The van der Waals surface area contributed by atoms with E-state index in [9.17, 15) is 0 Å². The summed E-state index contributed by atoms with van der Waals surface area (Å²) in [5.41, 5.74) is 14.4. The molecule has 2 aromatic heterocycles. The minimum atomic E-state index is -0.425. The topological polar surface area (TPSA) is 119 Å². The Morgan fingerprint density at radius 3 is 1.37 bits per heavy atom. The molecule has 0 unspecified atom stereocenters. The number of nitrogens with one attached hydrogen (secondary N) is 1. The number of aromatic nitrogens is 2. The molecule has 4 aromatic carbocycles. The van der Waals surface area contributed by atoms with Crippen LogP contribution in [0.25, 0.3) is 22.3 Å². The van der Waals surface area contributed by atoms with Gasteiger partial charge in [-0.2, -0.15) is 0 Å². The largest absolute Gasteiger partial charge is 0.497 e. The minimum Gasteiger partial charge on any atom is -0.497 e. The molecule has 2 heterocycles. The van der Waals surface area contributed by atoms with Crippen LogP contribution in [0.3, 0.4) is 0 Å². The summed E-state index contributed by atoms with van der Waals surface area (Å²) in [5.74, 6) is 1.72. The van der Waals surface area contributed by atoms with Gasteiger partial charge in [-0.05, 0) is 139 Å². The summed E-state index contributed by atoms with van der Waals surface area (Å²) in [6, 6.07) is 39.8. The molecule has 6 aromatic rings. The second kappa shape index (κ2) is 24.4. The fourth-order valence-corrected chi connectivity index (χ4v) is 5.62. The Morgan fingerprint density at radius 1 is 0.526 bits per heavy atom. The van der Waals surface area contributed by atoms with Crippen LogP contribution in [0.1, 0.15) is 51.7 Å². The Balaban J connectivity index is 0.000000209. The number of nitrogens with zero attached hydrogens (tertiary/aromatic N) is 2.